The van der Waals surface area contributed by atoms with E-state index in [4.69, 9.17) is 14.2 Å². The molecule has 6 nitrogen and oxygen atoms in total. The van der Waals surface area contributed by atoms with Crippen LogP contribution >= 0.6 is 15.9 Å². The number of carbonyl (C=O) groups excluding carboxylic acids is 1. The smallest absolute Gasteiger partial charge is 0.266 e. The molecule has 0 aromatic heterocycles. The normalized spacial score (nSPS) is 10.8. The topological polar surface area (TPSA) is 80.6 Å². The number of methoxy groups -OCH3 is 1. The van der Waals surface area contributed by atoms with Crippen LogP contribution in [0.2, 0.25) is 0 Å². The number of nitriles is 1. The lowest BCUT2D eigenvalue weighted by Crippen LogP contribution is -2.13. The minimum atomic E-state index is -0.514. The monoisotopic (exact) mass is 568 g/mol. The van der Waals surface area contributed by atoms with Gasteiger partial charge < -0.3 is 19.5 Å². The second kappa shape index (κ2) is 13.1. The average Bonchev–Trinajstić information content (AvgIpc) is 2.96. The zero-order chi connectivity index (χ0) is 26.7. The second-order valence-electron chi connectivity index (χ2n) is 8.25. The quantitative estimate of drug-likeness (QED) is 0.162. The summed E-state index contributed by atoms with van der Waals surface area (Å²) in [5.74, 6) is 1.22. The van der Waals surface area contributed by atoms with Crippen molar-refractivity contribution in [3.05, 3.63) is 124 Å². The van der Waals surface area contributed by atoms with Crippen molar-refractivity contribution >= 4 is 33.6 Å². The highest BCUT2D eigenvalue weighted by atomic mass is 79.9. The lowest BCUT2D eigenvalue weighted by Gasteiger charge is -2.12. The molecule has 0 atom stereocenters. The molecule has 0 spiro atoms. The van der Waals surface area contributed by atoms with Crippen LogP contribution in [0.1, 0.15) is 16.7 Å². The van der Waals surface area contributed by atoms with Crippen molar-refractivity contribution in [2.75, 3.05) is 12.4 Å². The first-order valence-corrected chi connectivity index (χ1v) is 12.6. The third-order valence-electron chi connectivity index (χ3n) is 5.53. The predicted octanol–water partition coefficient (Wildman–Crippen LogP) is 7.16. The molecule has 0 radical (unpaired) electrons. The van der Waals surface area contributed by atoms with E-state index in [9.17, 15) is 10.1 Å². The number of hydrogen-bond donors (Lipinski definition) is 1. The van der Waals surface area contributed by atoms with E-state index in [0.717, 1.165) is 15.6 Å². The molecule has 4 aromatic carbocycles. The Morgan fingerprint density at radius 3 is 2.24 bits per heavy atom. The number of nitrogens with zero attached hydrogens (tertiary/aromatic N) is 1. The molecule has 0 aliphatic rings. The molecule has 0 fully saturated rings. The summed E-state index contributed by atoms with van der Waals surface area (Å²) in [7, 11) is 1.54. The molecular weight excluding hydrogens is 544 g/mol. The van der Waals surface area contributed by atoms with Crippen LogP contribution in [0.5, 0.6) is 17.2 Å². The van der Waals surface area contributed by atoms with Gasteiger partial charge in [0.15, 0.2) is 11.5 Å². The Labute approximate surface area is 230 Å². The van der Waals surface area contributed by atoms with E-state index < -0.39 is 5.91 Å². The molecule has 0 heterocycles. The van der Waals surface area contributed by atoms with Gasteiger partial charge in [0.1, 0.15) is 30.6 Å². The first-order chi connectivity index (χ1) is 18.5. The Hall–Kier alpha value is -4.54. The highest BCUT2D eigenvalue weighted by molar-refractivity contribution is 9.10. The predicted molar refractivity (Wildman–Crippen MR) is 151 cm³/mol. The summed E-state index contributed by atoms with van der Waals surface area (Å²) >= 11 is 3.42. The summed E-state index contributed by atoms with van der Waals surface area (Å²) in [4.78, 5) is 12.8. The molecule has 0 saturated carbocycles. The molecule has 38 heavy (non-hydrogen) atoms. The molecule has 7 heteroatoms. The molecule has 0 saturated heterocycles. The largest absolute Gasteiger partial charge is 0.493 e. The van der Waals surface area contributed by atoms with Crippen molar-refractivity contribution < 1.29 is 19.0 Å². The van der Waals surface area contributed by atoms with Crippen LogP contribution in [0.15, 0.2) is 107 Å². The molecule has 4 aromatic rings. The van der Waals surface area contributed by atoms with Gasteiger partial charge in [0.2, 0.25) is 0 Å². The van der Waals surface area contributed by atoms with E-state index in [1.54, 1.807) is 49.6 Å². The fourth-order valence-corrected chi connectivity index (χ4v) is 3.79. The molecule has 0 unspecified atom stereocenters. The Balaban J connectivity index is 1.38. The molecule has 1 amide bonds. The number of nitrogens with one attached hydrogen (secondary N) is 1. The van der Waals surface area contributed by atoms with Gasteiger partial charge in [-0.1, -0.05) is 64.5 Å². The molecular formula is C31H25BrN2O4. The fraction of sp³-hybridized carbons (Fsp3) is 0.0968. The van der Waals surface area contributed by atoms with Crippen molar-refractivity contribution in [3.63, 3.8) is 0 Å². The average molecular weight is 569 g/mol. The minimum Gasteiger partial charge on any atom is -0.493 e. The van der Waals surface area contributed by atoms with Crippen LogP contribution in [-0.2, 0) is 18.0 Å². The number of anilines is 1. The fourth-order valence-electron chi connectivity index (χ4n) is 3.52. The molecule has 0 aliphatic carbocycles. The van der Waals surface area contributed by atoms with Crippen LogP contribution < -0.4 is 19.5 Å². The van der Waals surface area contributed by atoms with Gasteiger partial charge in [-0.05, 0) is 71.3 Å². The number of carbonyl (C=O) groups is 1. The van der Waals surface area contributed by atoms with E-state index >= 15 is 0 Å². The highest BCUT2D eigenvalue weighted by Gasteiger charge is 2.12. The van der Waals surface area contributed by atoms with Gasteiger partial charge in [0.25, 0.3) is 5.91 Å². The van der Waals surface area contributed by atoms with E-state index in [2.05, 4.69) is 21.2 Å². The maximum absolute atomic E-state index is 12.8. The third kappa shape index (κ3) is 7.48. The first kappa shape index (κ1) is 26.5. The standard InChI is InChI=1S/C31H25BrN2O4/c1-36-30-18-24(9-16-29(30)38-21-23-7-10-26(32)11-8-23)17-25(19-33)31(35)34-27-12-14-28(15-13-27)37-20-22-5-3-2-4-6-22/h2-18H,20-21H2,1H3,(H,34,35)/b25-17+. The molecule has 4 rings (SSSR count). The van der Waals surface area contributed by atoms with Crippen LogP contribution in [0.3, 0.4) is 0 Å². The van der Waals surface area contributed by atoms with Crippen molar-refractivity contribution in [1.82, 2.24) is 0 Å². The zero-order valence-electron chi connectivity index (χ0n) is 20.7. The summed E-state index contributed by atoms with van der Waals surface area (Å²) in [6.45, 7) is 0.826. The summed E-state index contributed by atoms with van der Waals surface area (Å²) < 4.78 is 18.1. The number of halogens is 1. The van der Waals surface area contributed by atoms with Crippen LogP contribution in [-0.4, -0.2) is 13.0 Å². The van der Waals surface area contributed by atoms with Gasteiger partial charge in [-0.15, -0.1) is 0 Å². The van der Waals surface area contributed by atoms with Gasteiger partial charge in [0, 0.05) is 10.2 Å². The van der Waals surface area contributed by atoms with Gasteiger partial charge in [-0.2, -0.15) is 5.26 Å². The summed E-state index contributed by atoms with van der Waals surface area (Å²) in [5.41, 5.74) is 3.22. The van der Waals surface area contributed by atoms with Crippen molar-refractivity contribution in [1.29, 1.82) is 5.26 Å². The van der Waals surface area contributed by atoms with Gasteiger partial charge >= 0.3 is 0 Å². The van der Waals surface area contributed by atoms with Crippen LogP contribution in [0.4, 0.5) is 5.69 Å². The van der Waals surface area contributed by atoms with E-state index in [1.165, 1.54) is 6.08 Å². The number of rotatable bonds is 10. The highest BCUT2D eigenvalue weighted by Crippen LogP contribution is 2.30. The second-order valence-corrected chi connectivity index (χ2v) is 9.16. The number of benzene rings is 4. The Morgan fingerprint density at radius 2 is 1.55 bits per heavy atom. The van der Waals surface area contributed by atoms with Crippen LogP contribution in [0, 0.1) is 11.3 Å². The SMILES string of the molecule is COc1cc(/C=C(\C#N)C(=O)Nc2ccc(OCc3ccccc3)cc2)ccc1OCc1ccc(Br)cc1. The van der Waals surface area contributed by atoms with Gasteiger partial charge in [0.05, 0.1) is 7.11 Å². The maximum Gasteiger partial charge on any atom is 0.266 e. The number of hydrogen-bond acceptors (Lipinski definition) is 5. The molecule has 1 N–H and O–H groups in total. The van der Waals surface area contributed by atoms with Gasteiger partial charge in [-0.3, -0.25) is 4.79 Å². The van der Waals surface area contributed by atoms with Crippen molar-refractivity contribution in [2.24, 2.45) is 0 Å². The maximum atomic E-state index is 12.8. The summed E-state index contributed by atoms with van der Waals surface area (Å²) in [5, 5.41) is 12.4. The first-order valence-electron chi connectivity index (χ1n) is 11.8. The van der Waals surface area contributed by atoms with E-state index in [0.29, 0.717) is 41.7 Å². The summed E-state index contributed by atoms with van der Waals surface area (Å²) in [6.07, 6.45) is 1.51. The third-order valence-corrected chi connectivity index (χ3v) is 6.06. The zero-order valence-corrected chi connectivity index (χ0v) is 22.3. The van der Waals surface area contributed by atoms with E-state index in [1.807, 2.05) is 60.7 Å². The van der Waals surface area contributed by atoms with Crippen LogP contribution in [0.25, 0.3) is 6.08 Å². The molecule has 190 valence electrons. The summed E-state index contributed by atoms with van der Waals surface area (Å²) in [6, 6.07) is 31.9. The Bertz CT molecular complexity index is 1440. The number of amides is 1. The Kier molecular flexibility index (Phi) is 9.17. The lowest BCUT2D eigenvalue weighted by molar-refractivity contribution is -0.112. The van der Waals surface area contributed by atoms with Crippen molar-refractivity contribution in [3.8, 4) is 23.3 Å². The number of ether oxygens (including phenoxy) is 3. The van der Waals surface area contributed by atoms with E-state index in [-0.39, 0.29) is 5.57 Å². The minimum absolute atomic E-state index is 0.0417. The van der Waals surface area contributed by atoms with Crippen molar-refractivity contribution in [2.45, 2.75) is 13.2 Å². The van der Waals surface area contributed by atoms with Gasteiger partial charge in [-0.25, -0.2) is 0 Å². The molecule has 0 aliphatic heterocycles. The molecule has 0 bridgehead atoms. The lowest BCUT2D eigenvalue weighted by atomic mass is 10.1. The Morgan fingerprint density at radius 1 is 0.868 bits per heavy atom.